The molecule has 8 heteroatoms. The molecule has 1 aliphatic rings. The third kappa shape index (κ3) is 3.74. The van der Waals surface area contributed by atoms with E-state index in [0.717, 1.165) is 5.56 Å². The number of hydrogen-bond acceptors (Lipinski definition) is 5. The minimum atomic E-state index is -0.789. The second kappa shape index (κ2) is 7.63. The summed E-state index contributed by atoms with van der Waals surface area (Å²) in [6.45, 7) is 4.77. The molecule has 1 N–H and O–H groups in total. The monoisotopic (exact) mass is 357 g/mol. The molecule has 1 amide bonds. The van der Waals surface area contributed by atoms with Crippen LogP contribution in [0.15, 0.2) is 30.3 Å². The van der Waals surface area contributed by atoms with Crippen LogP contribution in [0.25, 0.3) is 11.4 Å². The Morgan fingerprint density at radius 2 is 1.81 bits per heavy atom. The smallest absolute Gasteiger partial charge is 0.306 e. The number of nitrogens with zero attached hydrogens (tertiary/aromatic N) is 5. The minimum absolute atomic E-state index is 0.0162. The number of carboxylic acid groups (broad SMARTS) is 1. The number of carbonyl (C=O) groups is 2. The molecule has 1 saturated heterocycles. The first-order valence-electron chi connectivity index (χ1n) is 8.84. The second-order valence-corrected chi connectivity index (χ2v) is 6.93. The zero-order chi connectivity index (χ0) is 18.7. The molecule has 138 valence electrons. The number of carboxylic acids is 1. The van der Waals surface area contributed by atoms with Crippen molar-refractivity contribution in [2.75, 3.05) is 13.1 Å². The third-order valence-corrected chi connectivity index (χ3v) is 4.75. The standard InChI is InChI=1S/C18H23N5O3/c1-12(2)15(17(24)22-10-8-14(9-11-22)18(25)26)23-20-16(19-21-23)13-6-4-3-5-7-13/h3-7,12,14-15H,8-11H2,1-2H3,(H,25,26). The van der Waals surface area contributed by atoms with Gasteiger partial charge >= 0.3 is 5.97 Å². The number of amides is 1. The molecule has 2 heterocycles. The highest BCUT2D eigenvalue weighted by Crippen LogP contribution is 2.24. The average molecular weight is 357 g/mol. The first-order valence-corrected chi connectivity index (χ1v) is 8.84. The van der Waals surface area contributed by atoms with Gasteiger partial charge in [-0.2, -0.15) is 4.80 Å². The van der Waals surface area contributed by atoms with E-state index in [4.69, 9.17) is 5.11 Å². The molecule has 0 saturated carbocycles. The van der Waals surface area contributed by atoms with Crippen molar-refractivity contribution in [3.05, 3.63) is 30.3 Å². The van der Waals surface area contributed by atoms with Crippen molar-refractivity contribution >= 4 is 11.9 Å². The van der Waals surface area contributed by atoms with Crippen molar-refractivity contribution in [3.8, 4) is 11.4 Å². The van der Waals surface area contributed by atoms with Gasteiger partial charge in [0.15, 0.2) is 6.04 Å². The lowest BCUT2D eigenvalue weighted by atomic mass is 9.95. The van der Waals surface area contributed by atoms with Crippen LogP contribution in [0.4, 0.5) is 0 Å². The molecule has 0 radical (unpaired) electrons. The summed E-state index contributed by atoms with van der Waals surface area (Å²) >= 11 is 0. The van der Waals surface area contributed by atoms with Crippen LogP contribution in [0.3, 0.4) is 0 Å². The Bertz CT molecular complexity index is 766. The lowest BCUT2D eigenvalue weighted by molar-refractivity contribution is -0.147. The van der Waals surface area contributed by atoms with Gasteiger partial charge in [-0.25, -0.2) is 0 Å². The number of benzene rings is 1. The molecule has 1 aromatic carbocycles. The summed E-state index contributed by atoms with van der Waals surface area (Å²) in [6.07, 6.45) is 0.956. The molecular formula is C18H23N5O3. The van der Waals surface area contributed by atoms with Gasteiger partial charge in [0.05, 0.1) is 5.92 Å². The summed E-state index contributed by atoms with van der Waals surface area (Å²) < 4.78 is 0. The molecule has 8 nitrogen and oxygen atoms in total. The van der Waals surface area contributed by atoms with Crippen molar-refractivity contribution in [1.82, 2.24) is 25.1 Å². The van der Waals surface area contributed by atoms with E-state index in [9.17, 15) is 9.59 Å². The fraction of sp³-hybridized carbons (Fsp3) is 0.500. The topological polar surface area (TPSA) is 101 Å². The van der Waals surface area contributed by atoms with E-state index in [2.05, 4.69) is 15.4 Å². The molecule has 0 spiro atoms. The molecule has 2 aromatic rings. The van der Waals surface area contributed by atoms with E-state index in [1.165, 1.54) is 4.80 Å². The number of piperidine rings is 1. The van der Waals surface area contributed by atoms with Crippen LogP contribution in [-0.2, 0) is 9.59 Å². The molecule has 1 atom stereocenters. The lowest BCUT2D eigenvalue weighted by Crippen LogP contribution is -2.45. The molecule has 1 fully saturated rings. The van der Waals surface area contributed by atoms with Gasteiger partial charge < -0.3 is 10.0 Å². The van der Waals surface area contributed by atoms with Crippen LogP contribution in [0.5, 0.6) is 0 Å². The van der Waals surface area contributed by atoms with E-state index in [0.29, 0.717) is 31.8 Å². The quantitative estimate of drug-likeness (QED) is 0.876. The van der Waals surface area contributed by atoms with Crippen LogP contribution < -0.4 is 0 Å². The van der Waals surface area contributed by atoms with E-state index in [-0.39, 0.29) is 17.7 Å². The van der Waals surface area contributed by atoms with Crippen molar-refractivity contribution in [2.24, 2.45) is 11.8 Å². The predicted molar refractivity (Wildman–Crippen MR) is 94.1 cm³/mol. The maximum absolute atomic E-state index is 13.0. The van der Waals surface area contributed by atoms with Gasteiger partial charge in [0.1, 0.15) is 0 Å². The zero-order valence-corrected chi connectivity index (χ0v) is 14.9. The van der Waals surface area contributed by atoms with Gasteiger partial charge in [-0.05, 0) is 24.0 Å². The number of carbonyl (C=O) groups excluding carboxylic acids is 1. The Morgan fingerprint density at radius 1 is 1.15 bits per heavy atom. The molecule has 26 heavy (non-hydrogen) atoms. The van der Waals surface area contributed by atoms with Crippen molar-refractivity contribution in [3.63, 3.8) is 0 Å². The second-order valence-electron chi connectivity index (χ2n) is 6.93. The van der Waals surface area contributed by atoms with Crippen molar-refractivity contribution in [2.45, 2.75) is 32.7 Å². The summed E-state index contributed by atoms with van der Waals surface area (Å²) in [6, 6.07) is 8.94. The third-order valence-electron chi connectivity index (χ3n) is 4.75. The Morgan fingerprint density at radius 3 is 2.38 bits per heavy atom. The van der Waals surface area contributed by atoms with Crippen LogP contribution >= 0.6 is 0 Å². The Kier molecular flexibility index (Phi) is 5.29. The maximum Gasteiger partial charge on any atom is 0.306 e. The van der Waals surface area contributed by atoms with E-state index in [1.807, 2.05) is 44.2 Å². The van der Waals surface area contributed by atoms with Gasteiger partial charge in [-0.1, -0.05) is 44.2 Å². The fourth-order valence-corrected chi connectivity index (χ4v) is 3.23. The number of hydrogen-bond donors (Lipinski definition) is 1. The SMILES string of the molecule is CC(C)C(C(=O)N1CCC(C(=O)O)CC1)n1nnc(-c2ccccc2)n1. The van der Waals surface area contributed by atoms with Gasteiger partial charge in [-0.3, -0.25) is 9.59 Å². The average Bonchev–Trinajstić information content (AvgIpc) is 3.12. The predicted octanol–water partition coefficient (Wildman–Crippen LogP) is 1.86. The van der Waals surface area contributed by atoms with Crippen LogP contribution in [-0.4, -0.2) is 55.2 Å². The largest absolute Gasteiger partial charge is 0.481 e. The molecule has 1 aromatic heterocycles. The minimum Gasteiger partial charge on any atom is -0.481 e. The van der Waals surface area contributed by atoms with Crippen molar-refractivity contribution in [1.29, 1.82) is 0 Å². The lowest BCUT2D eigenvalue weighted by Gasteiger charge is -2.33. The summed E-state index contributed by atoms with van der Waals surface area (Å²) in [5, 5.41) is 21.7. The van der Waals surface area contributed by atoms with Crippen LogP contribution in [0, 0.1) is 11.8 Å². The van der Waals surface area contributed by atoms with Crippen molar-refractivity contribution < 1.29 is 14.7 Å². The molecule has 0 bridgehead atoms. The van der Waals surface area contributed by atoms with Crippen LogP contribution in [0.2, 0.25) is 0 Å². The van der Waals surface area contributed by atoms with Gasteiger partial charge in [-0.15, -0.1) is 10.2 Å². The summed E-state index contributed by atoms with van der Waals surface area (Å²) in [4.78, 5) is 27.2. The first kappa shape index (κ1) is 18.0. The first-order chi connectivity index (χ1) is 12.5. The van der Waals surface area contributed by atoms with E-state index >= 15 is 0 Å². The highest BCUT2D eigenvalue weighted by molar-refractivity contribution is 5.81. The zero-order valence-electron chi connectivity index (χ0n) is 14.9. The van der Waals surface area contributed by atoms with E-state index < -0.39 is 12.0 Å². The number of rotatable bonds is 5. The van der Waals surface area contributed by atoms with Gasteiger partial charge in [0.25, 0.3) is 0 Å². The number of aromatic nitrogens is 4. The summed E-state index contributed by atoms with van der Waals surface area (Å²) in [7, 11) is 0. The Labute approximate surface area is 151 Å². The molecule has 1 unspecified atom stereocenters. The van der Waals surface area contributed by atoms with E-state index in [1.54, 1.807) is 4.90 Å². The van der Waals surface area contributed by atoms with Crippen LogP contribution in [0.1, 0.15) is 32.7 Å². The summed E-state index contributed by atoms with van der Waals surface area (Å²) in [5.41, 5.74) is 0.843. The molecule has 3 rings (SSSR count). The highest BCUT2D eigenvalue weighted by Gasteiger charge is 2.34. The maximum atomic E-state index is 13.0. The molecule has 0 aliphatic carbocycles. The summed E-state index contributed by atoms with van der Waals surface area (Å²) in [5.74, 6) is -0.777. The highest BCUT2D eigenvalue weighted by atomic mass is 16.4. The van der Waals surface area contributed by atoms with Gasteiger partial charge in [0.2, 0.25) is 11.7 Å². The number of tetrazole rings is 1. The number of aliphatic carboxylic acids is 1. The van der Waals surface area contributed by atoms with Gasteiger partial charge in [0, 0.05) is 18.7 Å². The normalized spacial score (nSPS) is 16.7. The Balaban J connectivity index is 1.76. The molecular weight excluding hydrogens is 334 g/mol. The fourth-order valence-electron chi connectivity index (χ4n) is 3.23. The Hall–Kier alpha value is -2.77. The molecule has 1 aliphatic heterocycles. The number of likely N-dealkylation sites (tertiary alicyclic amines) is 1.